The lowest BCUT2D eigenvalue weighted by atomic mass is 9.81. The molecule has 0 spiro atoms. The molecule has 0 aromatic rings. The molecule has 1 amide bonds. The molecule has 1 saturated heterocycles. The fourth-order valence-corrected chi connectivity index (χ4v) is 4.05. The normalized spacial score (nSPS) is 23.6. The maximum Gasteiger partial charge on any atom is 0.334 e. The van der Waals surface area contributed by atoms with Crippen molar-refractivity contribution in [2.75, 3.05) is 59.7 Å². The van der Waals surface area contributed by atoms with Crippen molar-refractivity contribution in [1.29, 1.82) is 0 Å². The molecule has 3 rings (SSSR count). The first-order chi connectivity index (χ1) is 16.0. The van der Waals surface area contributed by atoms with Crippen molar-refractivity contribution in [3.05, 3.63) is 34.3 Å². The molecule has 10 nitrogen and oxygen atoms in total. The van der Waals surface area contributed by atoms with Crippen LogP contribution in [0.3, 0.4) is 0 Å². The molecular formula is C23H32N2O8. The van der Waals surface area contributed by atoms with E-state index in [0.717, 1.165) is 19.6 Å². The van der Waals surface area contributed by atoms with Gasteiger partial charge in [-0.25, -0.2) is 4.79 Å². The second-order valence-electron chi connectivity index (χ2n) is 8.09. The number of hydrogen-bond donors (Lipinski definition) is 2. The van der Waals surface area contributed by atoms with E-state index in [9.17, 15) is 19.5 Å². The van der Waals surface area contributed by atoms with E-state index in [4.69, 9.17) is 18.9 Å². The Balaban J connectivity index is 1.63. The SMILES string of the molecule is COCCOC1=C(O)C(C=O)C2OC(=O)C(CCC(=O)NCCN3CCOCC3)=C(C)C2=C1. The zero-order chi connectivity index (χ0) is 23.8. The zero-order valence-corrected chi connectivity index (χ0v) is 19.1. The molecule has 1 fully saturated rings. The number of carbonyl (C=O) groups is 3. The van der Waals surface area contributed by atoms with Crippen molar-refractivity contribution in [1.82, 2.24) is 10.2 Å². The van der Waals surface area contributed by atoms with E-state index in [-0.39, 0.29) is 36.9 Å². The van der Waals surface area contributed by atoms with Crippen molar-refractivity contribution in [2.45, 2.75) is 25.9 Å². The number of morpholine rings is 1. The van der Waals surface area contributed by atoms with Gasteiger partial charge in [-0.05, 0) is 25.0 Å². The number of carbonyl (C=O) groups excluding carboxylic acids is 3. The summed E-state index contributed by atoms with van der Waals surface area (Å²) in [5, 5.41) is 13.3. The molecule has 0 aromatic carbocycles. The Labute approximate surface area is 193 Å². The summed E-state index contributed by atoms with van der Waals surface area (Å²) in [4.78, 5) is 38.8. The minimum atomic E-state index is -1.05. The third-order valence-electron chi connectivity index (χ3n) is 6.00. The van der Waals surface area contributed by atoms with E-state index >= 15 is 0 Å². The number of ether oxygens (including phenoxy) is 4. The van der Waals surface area contributed by atoms with Gasteiger partial charge in [-0.3, -0.25) is 9.69 Å². The van der Waals surface area contributed by atoms with E-state index in [1.54, 1.807) is 13.0 Å². The molecule has 0 aromatic heterocycles. The predicted molar refractivity (Wildman–Crippen MR) is 117 cm³/mol. The van der Waals surface area contributed by atoms with Gasteiger partial charge in [-0.1, -0.05) is 0 Å². The first-order valence-electron chi connectivity index (χ1n) is 11.2. The number of nitrogens with one attached hydrogen (secondary N) is 1. The van der Waals surface area contributed by atoms with E-state index in [2.05, 4.69) is 10.2 Å². The number of allylic oxidation sites excluding steroid dienone is 1. The maximum absolute atomic E-state index is 12.6. The van der Waals surface area contributed by atoms with Gasteiger partial charge in [0.05, 0.1) is 19.8 Å². The van der Waals surface area contributed by atoms with Crippen LogP contribution in [0.25, 0.3) is 0 Å². The van der Waals surface area contributed by atoms with Gasteiger partial charge in [0.2, 0.25) is 5.91 Å². The molecule has 2 aliphatic heterocycles. The molecule has 2 heterocycles. The van der Waals surface area contributed by atoms with Crippen molar-refractivity contribution in [3.63, 3.8) is 0 Å². The molecule has 3 aliphatic rings. The number of fused-ring (bicyclic) bond motifs is 1. The summed E-state index contributed by atoms with van der Waals surface area (Å²) in [6.07, 6.45) is 1.55. The fourth-order valence-electron chi connectivity index (χ4n) is 4.05. The van der Waals surface area contributed by atoms with Crippen molar-refractivity contribution >= 4 is 18.2 Å². The van der Waals surface area contributed by atoms with Gasteiger partial charge in [0.15, 0.2) is 5.76 Å². The van der Waals surface area contributed by atoms with Crippen LogP contribution in [0.1, 0.15) is 19.8 Å². The van der Waals surface area contributed by atoms with Gasteiger partial charge in [0, 0.05) is 50.9 Å². The largest absolute Gasteiger partial charge is 0.508 e. The topological polar surface area (TPSA) is 124 Å². The number of amides is 1. The molecule has 0 saturated carbocycles. The molecule has 2 N–H and O–H groups in total. The number of aliphatic hydroxyl groups excluding tert-OH is 1. The van der Waals surface area contributed by atoms with Gasteiger partial charge in [0.25, 0.3) is 0 Å². The number of aliphatic hydroxyl groups is 1. The number of rotatable bonds is 11. The van der Waals surface area contributed by atoms with E-state index in [0.29, 0.717) is 49.4 Å². The van der Waals surface area contributed by atoms with Crippen LogP contribution in [0.4, 0.5) is 0 Å². The highest BCUT2D eigenvalue weighted by Crippen LogP contribution is 2.39. The Morgan fingerprint density at radius 1 is 1.33 bits per heavy atom. The van der Waals surface area contributed by atoms with Gasteiger partial charge >= 0.3 is 5.97 Å². The summed E-state index contributed by atoms with van der Waals surface area (Å²) in [5.74, 6) is -1.92. The standard InChI is InChI=1S/C23H32N2O8/c1-15-16(3-4-20(27)24-5-6-25-7-9-31-10-8-25)23(29)33-22-17(15)13-19(32-12-11-30-2)21(28)18(22)14-26/h13-14,18,22,28H,3-12H2,1-2H3,(H,24,27). The average Bonchev–Trinajstić information content (AvgIpc) is 2.81. The molecule has 1 aliphatic carbocycles. The van der Waals surface area contributed by atoms with Crippen LogP contribution in [-0.2, 0) is 33.3 Å². The zero-order valence-electron chi connectivity index (χ0n) is 19.1. The first-order valence-corrected chi connectivity index (χ1v) is 11.2. The molecule has 0 bridgehead atoms. The summed E-state index contributed by atoms with van der Waals surface area (Å²) in [5.41, 5.74) is 1.59. The molecule has 0 radical (unpaired) electrons. The van der Waals surface area contributed by atoms with Crippen molar-refractivity contribution in [3.8, 4) is 0 Å². The Hall–Kier alpha value is -2.69. The average molecular weight is 465 g/mol. The minimum absolute atomic E-state index is 0.137. The summed E-state index contributed by atoms with van der Waals surface area (Å²) < 4.78 is 21.3. The van der Waals surface area contributed by atoms with Crippen LogP contribution in [0.5, 0.6) is 0 Å². The summed E-state index contributed by atoms with van der Waals surface area (Å²) in [7, 11) is 1.53. The number of nitrogens with zero attached hydrogens (tertiary/aromatic N) is 1. The highest BCUT2D eigenvalue weighted by atomic mass is 16.5. The lowest BCUT2D eigenvalue weighted by Gasteiger charge is -2.34. The van der Waals surface area contributed by atoms with Gasteiger partial charge < -0.3 is 34.2 Å². The maximum atomic E-state index is 12.6. The van der Waals surface area contributed by atoms with Gasteiger partial charge in [-0.15, -0.1) is 0 Å². The Bertz CT molecular complexity index is 841. The monoisotopic (exact) mass is 464 g/mol. The second kappa shape index (κ2) is 12.0. The van der Waals surface area contributed by atoms with Crippen molar-refractivity contribution < 1.29 is 38.4 Å². The fraction of sp³-hybridized carbons (Fsp3) is 0.609. The highest BCUT2D eigenvalue weighted by molar-refractivity contribution is 5.93. The lowest BCUT2D eigenvalue weighted by molar-refractivity contribution is -0.146. The van der Waals surface area contributed by atoms with Crippen molar-refractivity contribution in [2.24, 2.45) is 5.92 Å². The molecule has 10 heteroatoms. The molecule has 2 unspecified atom stereocenters. The molecule has 33 heavy (non-hydrogen) atoms. The molecular weight excluding hydrogens is 432 g/mol. The van der Waals surface area contributed by atoms with Crippen LogP contribution in [0.2, 0.25) is 0 Å². The first kappa shape index (κ1) is 24.9. The summed E-state index contributed by atoms with van der Waals surface area (Å²) in [6.45, 7) is 6.65. The van der Waals surface area contributed by atoms with E-state index in [1.807, 2.05) is 0 Å². The van der Waals surface area contributed by atoms with Crippen LogP contribution in [0, 0.1) is 5.92 Å². The molecule has 182 valence electrons. The number of aldehydes is 1. The molecule has 2 atom stereocenters. The number of hydrogen-bond acceptors (Lipinski definition) is 9. The van der Waals surface area contributed by atoms with Crippen LogP contribution >= 0.6 is 0 Å². The third kappa shape index (κ3) is 6.21. The quantitative estimate of drug-likeness (QED) is 0.258. The Morgan fingerprint density at radius 2 is 2.09 bits per heavy atom. The second-order valence-corrected chi connectivity index (χ2v) is 8.09. The van der Waals surface area contributed by atoms with Gasteiger partial charge in [-0.2, -0.15) is 0 Å². The third-order valence-corrected chi connectivity index (χ3v) is 6.00. The van der Waals surface area contributed by atoms with Crippen LogP contribution in [-0.4, -0.2) is 94.0 Å². The van der Waals surface area contributed by atoms with E-state index < -0.39 is 18.0 Å². The van der Waals surface area contributed by atoms with Crippen LogP contribution < -0.4 is 5.32 Å². The summed E-state index contributed by atoms with van der Waals surface area (Å²) in [6, 6.07) is 0. The Kier molecular flexibility index (Phi) is 9.04. The number of esters is 1. The predicted octanol–water partition coefficient (Wildman–Crippen LogP) is 0.645. The van der Waals surface area contributed by atoms with Gasteiger partial charge in [0.1, 0.15) is 30.7 Å². The highest BCUT2D eigenvalue weighted by Gasteiger charge is 2.42. The number of methoxy groups -OCH3 is 1. The summed E-state index contributed by atoms with van der Waals surface area (Å²) >= 11 is 0. The van der Waals surface area contributed by atoms with E-state index in [1.165, 1.54) is 7.11 Å². The van der Waals surface area contributed by atoms with Crippen LogP contribution in [0.15, 0.2) is 34.3 Å². The lowest BCUT2D eigenvalue weighted by Crippen LogP contribution is -2.41. The Morgan fingerprint density at radius 3 is 2.79 bits per heavy atom. The smallest absolute Gasteiger partial charge is 0.334 e. The minimum Gasteiger partial charge on any atom is -0.508 e.